The molecule has 2 unspecified atom stereocenters. The van der Waals surface area contributed by atoms with Crippen molar-refractivity contribution in [3.8, 4) is 5.75 Å². The summed E-state index contributed by atoms with van der Waals surface area (Å²) in [6.45, 7) is 4.84. The molecule has 0 aliphatic heterocycles. The van der Waals surface area contributed by atoms with Crippen molar-refractivity contribution in [1.29, 1.82) is 0 Å². The van der Waals surface area contributed by atoms with Gasteiger partial charge in [0.05, 0.1) is 10.6 Å². The average Bonchev–Trinajstić information content (AvgIpc) is 2.71. The van der Waals surface area contributed by atoms with E-state index in [1.54, 1.807) is 19.9 Å². The summed E-state index contributed by atoms with van der Waals surface area (Å²) in [4.78, 5) is 37.2. The van der Waals surface area contributed by atoms with Gasteiger partial charge in [0.25, 0.3) is 17.7 Å². The lowest BCUT2D eigenvalue weighted by molar-refractivity contribution is -0.133. The monoisotopic (exact) mass is 469 g/mol. The molecule has 7 nitrogen and oxygen atoms in total. The fourth-order valence-corrected chi connectivity index (χ4v) is 3.01. The largest absolute Gasteiger partial charge is 0.478 e. The van der Waals surface area contributed by atoms with Crippen LogP contribution >= 0.6 is 23.2 Å². The summed E-state index contributed by atoms with van der Waals surface area (Å²) in [5, 5.41) is 3.09. The Bertz CT molecular complexity index is 971. The smallest absolute Gasteiger partial charge is 0.279 e. The van der Waals surface area contributed by atoms with Gasteiger partial charge in [-0.25, -0.2) is 4.39 Å². The third-order valence-electron chi connectivity index (χ3n) is 4.23. The van der Waals surface area contributed by atoms with E-state index in [-0.39, 0.29) is 22.3 Å². The molecule has 0 radical (unpaired) electrons. The number of ether oxygens (including phenoxy) is 1. The minimum absolute atomic E-state index is 0.0939. The molecule has 3 N–H and O–H groups in total. The third kappa shape index (κ3) is 6.83. The predicted molar refractivity (Wildman–Crippen MR) is 115 cm³/mol. The SMILES string of the molecule is CC(Oc1ccccc1F)C(=O)NNC(=O)C(NC(=O)c1ccc(Cl)cc1Cl)C(C)C. The Morgan fingerprint density at radius 2 is 1.61 bits per heavy atom. The highest BCUT2D eigenvalue weighted by molar-refractivity contribution is 6.36. The molecule has 0 saturated heterocycles. The molecule has 0 spiro atoms. The summed E-state index contributed by atoms with van der Waals surface area (Å²) in [5.74, 6) is -2.94. The molecule has 2 atom stereocenters. The third-order valence-corrected chi connectivity index (χ3v) is 4.78. The van der Waals surface area contributed by atoms with Crippen LogP contribution in [-0.4, -0.2) is 29.9 Å². The van der Waals surface area contributed by atoms with Crippen molar-refractivity contribution in [2.45, 2.75) is 32.9 Å². The van der Waals surface area contributed by atoms with E-state index in [1.807, 2.05) is 0 Å². The number of hydrazine groups is 1. The van der Waals surface area contributed by atoms with E-state index >= 15 is 0 Å². The number of rotatable bonds is 7. The van der Waals surface area contributed by atoms with Crippen molar-refractivity contribution >= 4 is 40.9 Å². The lowest BCUT2D eigenvalue weighted by Crippen LogP contribution is -2.56. The molecule has 166 valence electrons. The molecule has 2 aromatic carbocycles. The molecule has 0 saturated carbocycles. The Labute approximate surface area is 189 Å². The van der Waals surface area contributed by atoms with E-state index in [4.69, 9.17) is 27.9 Å². The van der Waals surface area contributed by atoms with Gasteiger partial charge >= 0.3 is 0 Å². The van der Waals surface area contributed by atoms with E-state index in [0.29, 0.717) is 5.02 Å². The maximum atomic E-state index is 13.7. The summed E-state index contributed by atoms with van der Waals surface area (Å²) in [5.41, 5.74) is 4.61. The molecule has 0 aliphatic carbocycles. The van der Waals surface area contributed by atoms with E-state index in [1.165, 1.54) is 43.3 Å². The van der Waals surface area contributed by atoms with Gasteiger partial charge in [0.15, 0.2) is 17.7 Å². The number of benzene rings is 2. The van der Waals surface area contributed by atoms with Gasteiger partial charge in [-0.3, -0.25) is 25.2 Å². The summed E-state index contributed by atoms with van der Waals surface area (Å²) < 4.78 is 18.9. The second-order valence-electron chi connectivity index (χ2n) is 6.99. The van der Waals surface area contributed by atoms with Crippen LogP contribution in [0, 0.1) is 11.7 Å². The second kappa shape index (κ2) is 11.0. The van der Waals surface area contributed by atoms with E-state index in [9.17, 15) is 18.8 Å². The minimum atomic E-state index is -1.09. The zero-order valence-electron chi connectivity index (χ0n) is 17.0. The van der Waals surface area contributed by atoms with Crippen LogP contribution in [0.2, 0.25) is 10.0 Å². The molecule has 0 aliphatic rings. The number of carbonyl (C=O) groups excluding carboxylic acids is 3. The normalized spacial score (nSPS) is 12.6. The van der Waals surface area contributed by atoms with Crippen molar-refractivity contribution in [3.05, 3.63) is 63.9 Å². The van der Waals surface area contributed by atoms with Crippen molar-refractivity contribution in [2.75, 3.05) is 0 Å². The van der Waals surface area contributed by atoms with Crippen LogP contribution in [0.4, 0.5) is 4.39 Å². The van der Waals surface area contributed by atoms with Gasteiger partial charge < -0.3 is 10.1 Å². The maximum absolute atomic E-state index is 13.7. The first-order valence-electron chi connectivity index (χ1n) is 9.37. The summed E-state index contributed by atoms with van der Waals surface area (Å²) >= 11 is 11.9. The van der Waals surface area contributed by atoms with Crippen LogP contribution < -0.4 is 20.9 Å². The van der Waals surface area contributed by atoms with Crippen LogP contribution in [0.3, 0.4) is 0 Å². The molecule has 0 heterocycles. The number of amides is 3. The molecule has 31 heavy (non-hydrogen) atoms. The van der Waals surface area contributed by atoms with E-state index in [0.717, 1.165) is 0 Å². The van der Waals surface area contributed by atoms with Gasteiger partial charge in [0.1, 0.15) is 6.04 Å². The highest BCUT2D eigenvalue weighted by atomic mass is 35.5. The Balaban J connectivity index is 1.96. The molecular formula is C21H22Cl2FN3O4. The van der Waals surface area contributed by atoms with Crippen LogP contribution in [0.5, 0.6) is 5.75 Å². The molecule has 3 amide bonds. The molecule has 0 fully saturated rings. The first-order valence-corrected chi connectivity index (χ1v) is 10.1. The van der Waals surface area contributed by atoms with Crippen LogP contribution in [-0.2, 0) is 9.59 Å². The zero-order chi connectivity index (χ0) is 23.1. The number of hydrogen-bond acceptors (Lipinski definition) is 4. The Hall–Kier alpha value is -2.84. The molecule has 2 aromatic rings. The number of nitrogens with one attached hydrogen (secondary N) is 3. The van der Waals surface area contributed by atoms with Gasteiger partial charge in [-0.1, -0.05) is 49.2 Å². The zero-order valence-corrected chi connectivity index (χ0v) is 18.6. The molecule has 0 aromatic heterocycles. The molecule has 10 heteroatoms. The quantitative estimate of drug-likeness (QED) is 0.540. The van der Waals surface area contributed by atoms with Gasteiger partial charge in [-0.15, -0.1) is 0 Å². The lowest BCUT2D eigenvalue weighted by atomic mass is 10.0. The Morgan fingerprint density at radius 3 is 2.23 bits per heavy atom. The van der Waals surface area contributed by atoms with E-state index < -0.39 is 35.7 Å². The van der Waals surface area contributed by atoms with Gasteiger partial charge in [0.2, 0.25) is 0 Å². The first kappa shape index (κ1) is 24.4. The van der Waals surface area contributed by atoms with Crippen LogP contribution in [0.25, 0.3) is 0 Å². The highest BCUT2D eigenvalue weighted by Gasteiger charge is 2.26. The van der Waals surface area contributed by atoms with Crippen LogP contribution in [0.15, 0.2) is 42.5 Å². The molecular weight excluding hydrogens is 448 g/mol. The Morgan fingerprint density at radius 1 is 0.968 bits per heavy atom. The van der Waals surface area contributed by atoms with E-state index in [2.05, 4.69) is 16.2 Å². The van der Waals surface area contributed by atoms with Crippen LogP contribution in [0.1, 0.15) is 31.1 Å². The topological polar surface area (TPSA) is 96.5 Å². The maximum Gasteiger partial charge on any atom is 0.279 e. The summed E-state index contributed by atoms with van der Waals surface area (Å²) in [6.07, 6.45) is -1.09. The average molecular weight is 470 g/mol. The van der Waals surface area contributed by atoms with Gasteiger partial charge in [-0.2, -0.15) is 0 Å². The second-order valence-corrected chi connectivity index (χ2v) is 7.83. The highest BCUT2D eigenvalue weighted by Crippen LogP contribution is 2.21. The fourth-order valence-electron chi connectivity index (χ4n) is 2.51. The van der Waals surface area contributed by atoms with Gasteiger partial charge in [-0.05, 0) is 43.2 Å². The van der Waals surface area contributed by atoms with Crippen molar-refractivity contribution in [3.63, 3.8) is 0 Å². The van der Waals surface area contributed by atoms with Gasteiger partial charge in [0, 0.05) is 5.02 Å². The predicted octanol–water partition coefficient (Wildman–Crippen LogP) is 3.50. The van der Waals surface area contributed by atoms with Crippen molar-refractivity contribution in [1.82, 2.24) is 16.2 Å². The number of carbonyl (C=O) groups is 3. The lowest BCUT2D eigenvalue weighted by Gasteiger charge is -2.23. The standard InChI is InChI=1S/C21H22Cl2FN3O4/c1-11(2)18(25-20(29)14-9-8-13(22)10-15(14)23)21(30)27-26-19(28)12(3)31-17-7-5-4-6-16(17)24/h4-12,18H,1-3H3,(H,25,29)(H,26,28)(H,27,30). The molecule has 2 rings (SSSR count). The van der Waals surface area contributed by atoms with Crippen molar-refractivity contribution < 1.29 is 23.5 Å². The minimum Gasteiger partial charge on any atom is -0.478 e. The molecule has 0 bridgehead atoms. The number of para-hydroxylation sites is 1. The summed E-state index contributed by atoms with van der Waals surface area (Å²) in [6, 6.07) is 9.03. The first-order chi connectivity index (χ1) is 14.6. The number of halogens is 3. The summed E-state index contributed by atoms with van der Waals surface area (Å²) in [7, 11) is 0. The fraction of sp³-hybridized carbons (Fsp3) is 0.286. The van der Waals surface area contributed by atoms with Crippen molar-refractivity contribution in [2.24, 2.45) is 5.92 Å². The Kier molecular flexibility index (Phi) is 8.65. The number of hydrogen-bond donors (Lipinski definition) is 3.